The number of carbonyl (C=O) groups is 1. The first-order valence-electron chi connectivity index (χ1n) is 11.2. The molecule has 1 saturated heterocycles. The highest BCUT2D eigenvalue weighted by atomic mass is 32.2. The molecule has 11 nitrogen and oxygen atoms in total. The van der Waals surface area contributed by atoms with Crippen molar-refractivity contribution in [1.82, 2.24) is 4.31 Å². The minimum atomic E-state index is -3.85. The normalized spacial score (nSPS) is 14.8. The van der Waals surface area contributed by atoms with Crippen molar-refractivity contribution in [2.75, 3.05) is 62.9 Å². The van der Waals surface area contributed by atoms with Gasteiger partial charge in [0.15, 0.2) is 0 Å². The van der Waals surface area contributed by atoms with E-state index in [0.29, 0.717) is 30.3 Å². The molecule has 2 aromatic carbocycles. The molecular weight excluding hydrogens is 510 g/mol. The second-order valence-corrected chi connectivity index (χ2v) is 11.9. The van der Waals surface area contributed by atoms with Crippen molar-refractivity contribution in [3.63, 3.8) is 0 Å². The molecule has 3 rings (SSSR count). The number of nitrogens with zero attached hydrogens (tertiary/aromatic N) is 2. The molecule has 0 spiro atoms. The number of ether oxygens (including phenoxy) is 3. The highest BCUT2D eigenvalue weighted by molar-refractivity contribution is 7.92. The quantitative estimate of drug-likeness (QED) is 0.456. The van der Waals surface area contributed by atoms with E-state index in [1.54, 1.807) is 30.3 Å². The zero-order chi connectivity index (χ0) is 26.3. The van der Waals surface area contributed by atoms with Crippen molar-refractivity contribution in [1.29, 1.82) is 0 Å². The van der Waals surface area contributed by atoms with E-state index >= 15 is 0 Å². The van der Waals surface area contributed by atoms with Gasteiger partial charge in [-0.15, -0.1) is 0 Å². The lowest BCUT2D eigenvalue weighted by molar-refractivity contribution is -0.116. The second kappa shape index (κ2) is 11.9. The average molecular weight is 542 g/mol. The first kappa shape index (κ1) is 27.7. The van der Waals surface area contributed by atoms with Crippen molar-refractivity contribution >= 4 is 37.3 Å². The van der Waals surface area contributed by atoms with Gasteiger partial charge in [0.2, 0.25) is 26.0 Å². The van der Waals surface area contributed by atoms with E-state index in [4.69, 9.17) is 14.2 Å². The van der Waals surface area contributed by atoms with Crippen LogP contribution in [0.2, 0.25) is 0 Å². The van der Waals surface area contributed by atoms with E-state index < -0.39 is 20.0 Å². The summed E-state index contributed by atoms with van der Waals surface area (Å²) >= 11 is 0. The van der Waals surface area contributed by atoms with Gasteiger partial charge in [0.05, 0.1) is 39.4 Å². The Labute approximate surface area is 212 Å². The molecule has 0 radical (unpaired) electrons. The largest absolute Gasteiger partial charge is 0.497 e. The summed E-state index contributed by atoms with van der Waals surface area (Å²) in [7, 11) is -4.57. The number of amides is 1. The Morgan fingerprint density at radius 1 is 1.06 bits per heavy atom. The van der Waals surface area contributed by atoms with Gasteiger partial charge >= 0.3 is 0 Å². The third-order valence-corrected chi connectivity index (χ3v) is 8.66. The molecule has 0 bridgehead atoms. The minimum Gasteiger partial charge on any atom is -0.497 e. The lowest BCUT2D eigenvalue weighted by atomic mass is 10.2. The summed E-state index contributed by atoms with van der Waals surface area (Å²) in [5.74, 6) is 0.303. The van der Waals surface area contributed by atoms with Gasteiger partial charge < -0.3 is 19.5 Å². The van der Waals surface area contributed by atoms with Crippen LogP contribution < -0.4 is 19.1 Å². The molecule has 1 aliphatic rings. The maximum absolute atomic E-state index is 13.1. The van der Waals surface area contributed by atoms with Crippen molar-refractivity contribution in [3.05, 3.63) is 42.5 Å². The zero-order valence-electron chi connectivity index (χ0n) is 20.5. The molecule has 1 fully saturated rings. The van der Waals surface area contributed by atoms with Gasteiger partial charge in [0.25, 0.3) is 0 Å². The average Bonchev–Trinajstić information content (AvgIpc) is 2.86. The van der Waals surface area contributed by atoms with Crippen LogP contribution in [0.4, 0.5) is 11.4 Å². The fourth-order valence-electron chi connectivity index (χ4n) is 3.74. The standard InChI is InChI=1S/C23H31N3O8S2/c1-32-20-7-4-6-19(17-20)26(35(3,28)29)11-5-8-23(27)24-18-9-10-21(33-2)22(16-18)36(30,31)25-12-14-34-15-13-25/h4,6-7,9-10,16-17H,5,8,11-15H2,1-3H3,(H,24,27). The minimum absolute atomic E-state index is 0.0214. The molecule has 36 heavy (non-hydrogen) atoms. The molecule has 1 amide bonds. The predicted octanol–water partition coefficient (Wildman–Crippen LogP) is 1.91. The molecule has 1 aliphatic heterocycles. The van der Waals surface area contributed by atoms with E-state index in [0.717, 1.165) is 6.26 Å². The Bertz CT molecular complexity index is 1280. The van der Waals surface area contributed by atoms with Crippen LogP contribution in [0.5, 0.6) is 11.5 Å². The Morgan fingerprint density at radius 3 is 2.42 bits per heavy atom. The van der Waals surface area contributed by atoms with Crippen LogP contribution in [0.25, 0.3) is 0 Å². The van der Waals surface area contributed by atoms with Gasteiger partial charge in [-0.3, -0.25) is 9.10 Å². The number of anilines is 2. The van der Waals surface area contributed by atoms with Crippen LogP contribution in [0, 0.1) is 0 Å². The summed E-state index contributed by atoms with van der Waals surface area (Å²) in [5, 5.41) is 2.69. The molecular formula is C23H31N3O8S2. The summed E-state index contributed by atoms with van der Waals surface area (Å²) in [4.78, 5) is 12.5. The van der Waals surface area contributed by atoms with E-state index in [1.165, 1.54) is 35.0 Å². The third kappa shape index (κ3) is 6.87. The topological polar surface area (TPSA) is 132 Å². The summed E-state index contributed by atoms with van der Waals surface area (Å²) in [6.45, 7) is 1.15. The van der Waals surface area contributed by atoms with Crippen molar-refractivity contribution in [3.8, 4) is 11.5 Å². The number of rotatable bonds is 11. The van der Waals surface area contributed by atoms with Crippen molar-refractivity contribution in [2.24, 2.45) is 0 Å². The number of nitrogens with one attached hydrogen (secondary N) is 1. The van der Waals surface area contributed by atoms with Gasteiger partial charge in [-0.25, -0.2) is 16.8 Å². The summed E-state index contributed by atoms with van der Waals surface area (Å²) < 4.78 is 69.1. The fourth-order valence-corrected chi connectivity index (χ4v) is 6.29. The van der Waals surface area contributed by atoms with Crippen LogP contribution in [0.1, 0.15) is 12.8 Å². The lowest BCUT2D eigenvalue weighted by Gasteiger charge is -2.26. The Morgan fingerprint density at radius 2 is 1.78 bits per heavy atom. The molecule has 0 atom stereocenters. The van der Waals surface area contributed by atoms with Gasteiger partial charge in [0.1, 0.15) is 16.4 Å². The molecule has 198 valence electrons. The molecule has 0 aromatic heterocycles. The maximum Gasteiger partial charge on any atom is 0.246 e. The number of methoxy groups -OCH3 is 2. The van der Waals surface area contributed by atoms with Crippen molar-refractivity contribution in [2.45, 2.75) is 17.7 Å². The maximum atomic E-state index is 13.1. The van der Waals surface area contributed by atoms with Crippen LogP contribution in [-0.2, 0) is 29.6 Å². The highest BCUT2D eigenvalue weighted by Crippen LogP contribution is 2.30. The predicted molar refractivity (Wildman–Crippen MR) is 136 cm³/mol. The van der Waals surface area contributed by atoms with Gasteiger partial charge in [0, 0.05) is 37.8 Å². The SMILES string of the molecule is COc1cccc(N(CCCC(=O)Nc2ccc(OC)c(S(=O)(=O)N3CCOCC3)c2)S(C)(=O)=O)c1. The Balaban J connectivity index is 1.68. The molecule has 2 aromatic rings. The van der Waals surface area contributed by atoms with Crippen molar-refractivity contribution < 1.29 is 35.8 Å². The van der Waals surface area contributed by atoms with E-state index in [9.17, 15) is 21.6 Å². The molecule has 13 heteroatoms. The first-order chi connectivity index (χ1) is 17.1. The smallest absolute Gasteiger partial charge is 0.246 e. The summed E-state index contributed by atoms with van der Waals surface area (Å²) in [6.07, 6.45) is 1.36. The molecule has 0 aliphatic carbocycles. The van der Waals surface area contributed by atoms with Crippen LogP contribution in [0.15, 0.2) is 47.4 Å². The zero-order valence-corrected chi connectivity index (χ0v) is 22.1. The van der Waals surface area contributed by atoms with E-state index in [-0.39, 0.29) is 49.0 Å². The van der Waals surface area contributed by atoms with Crippen LogP contribution >= 0.6 is 0 Å². The van der Waals surface area contributed by atoms with E-state index in [1.807, 2.05) is 0 Å². The summed E-state index contributed by atoms with van der Waals surface area (Å²) in [5.41, 5.74) is 0.728. The molecule has 0 unspecified atom stereocenters. The van der Waals surface area contributed by atoms with Gasteiger partial charge in [-0.1, -0.05) is 6.07 Å². The lowest BCUT2D eigenvalue weighted by Crippen LogP contribution is -2.40. The van der Waals surface area contributed by atoms with Gasteiger partial charge in [-0.05, 0) is 36.8 Å². The highest BCUT2D eigenvalue weighted by Gasteiger charge is 2.29. The molecule has 1 N–H and O–H groups in total. The van der Waals surface area contributed by atoms with E-state index in [2.05, 4.69) is 5.32 Å². The fraction of sp³-hybridized carbons (Fsp3) is 0.435. The number of hydrogen-bond acceptors (Lipinski definition) is 8. The Kier molecular flexibility index (Phi) is 9.17. The summed E-state index contributed by atoms with van der Waals surface area (Å²) in [6, 6.07) is 11.0. The second-order valence-electron chi connectivity index (χ2n) is 8.07. The van der Waals surface area contributed by atoms with Crippen LogP contribution in [-0.4, -0.2) is 80.4 Å². The Hall–Kier alpha value is -2.87. The van der Waals surface area contributed by atoms with Gasteiger partial charge in [-0.2, -0.15) is 4.31 Å². The molecule has 0 saturated carbocycles. The third-order valence-electron chi connectivity index (χ3n) is 5.54. The number of benzene rings is 2. The number of carbonyl (C=O) groups excluding carboxylic acids is 1. The monoisotopic (exact) mass is 541 g/mol. The number of morpholine rings is 1. The number of hydrogen-bond donors (Lipinski definition) is 1. The van der Waals surface area contributed by atoms with Crippen LogP contribution in [0.3, 0.4) is 0 Å². The molecule has 1 heterocycles. The number of sulfonamides is 2. The first-order valence-corrected chi connectivity index (χ1v) is 14.5.